The van der Waals surface area contributed by atoms with Crippen LogP contribution >= 0.6 is 0 Å². The standard InChI is InChI=1S/C20H27NO3.C18H22O2/c1-18-7-6-14-12(13(18)3-4-15(18)22)5-8-20-17(24-20)16(23)11(10-21)9-19(14,20)2;1-3-17(13-5-9-15(19)10-6-13)18(4-2)14-7-11-16(20)12-8-14/h12-15,17,22-23H,3-9H2,1-2H3;5-12,17-20H,3-4H2,1-2H3/t12-,13-,14-,15-,17+,18-,19+,20+;17-,18+/m0./s1. The van der Waals surface area contributed by atoms with E-state index in [0.29, 0.717) is 53.1 Å². The molecule has 0 bridgehead atoms. The zero-order chi connectivity index (χ0) is 31.4. The fourth-order valence-electron chi connectivity index (χ4n) is 10.5. The Morgan fingerprint density at radius 2 is 1.39 bits per heavy atom. The highest BCUT2D eigenvalue weighted by atomic mass is 16.6. The van der Waals surface area contributed by atoms with Crippen molar-refractivity contribution < 1.29 is 25.2 Å². The van der Waals surface area contributed by atoms with Crippen molar-refractivity contribution in [3.8, 4) is 17.6 Å². The summed E-state index contributed by atoms with van der Waals surface area (Å²) in [5.74, 6) is 3.42. The number of benzene rings is 2. The van der Waals surface area contributed by atoms with Gasteiger partial charge in [0.15, 0.2) is 0 Å². The van der Waals surface area contributed by atoms with E-state index in [1.165, 1.54) is 11.1 Å². The van der Waals surface area contributed by atoms with E-state index in [1.54, 1.807) is 24.3 Å². The number of hydrogen-bond donors (Lipinski definition) is 4. The van der Waals surface area contributed by atoms with Gasteiger partial charge in [-0.25, -0.2) is 0 Å². The first-order valence-corrected chi connectivity index (χ1v) is 16.8. The maximum Gasteiger partial charge on any atom is 0.146 e. The van der Waals surface area contributed by atoms with Gasteiger partial charge in [-0.1, -0.05) is 52.0 Å². The lowest BCUT2D eigenvalue weighted by Gasteiger charge is -2.58. The minimum Gasteiger partial charge on any atom is -0.508 e. The molecule has 4 aliphatic carbocycles. The Morgan fingerprint density at radius 3 is 1.91 bits per heavy atom. The fraction of sp³-hybridized carbons (Fsp3) is 0.605. The lowest BCUT2D eigenvalue weighted by Crippen LogP contribution is -2.57. The van der Waals surface area contributed by atoms with Gasteiger partial charge in [0.2, 0.25) is 0 Å². The smallest absolute Gasteiger partial charge is 0.146 e. The van der Waals surface area contributed by atoms with Crippen LogP contribution in [0.2, 0.25) is 0 Å². The molecule has 2 aromatic rings. The van der Waals surface area contributed by atoms with Gasteiger partial charge in [-0.05, 0) is 128 Å². The van der Waals surface area contributed by atoms with E-state index in [2.05, 4.69) is 33.8 Å². The van der Waals surface area contributed by atoms with E-state index >= 15 is 0 Å². The second-order valence-electron chi connectivity index (χ2n) is 14.7. The lowest BCUT2D eigenvalue weighted by atomic mass is 9.45. The number of rotatable bonds is 5. The Bertz CT molecular complexity index is 1380. The molecule has 0 unspecified atom stereocenters. The van der Waals surface area contributed by atoms with Crippen LogP contribution in [0.1, 0.15) is 108 Å². The molecule has 10 atom stereocenters. The van der Waals surface area contributed by atoms with Crippen LogP contribution in [0.25, 0.3) is 0 Å². The van der Waals surface area contributed by atoms with E-state index in [0.717, 1.165) is 51.4 Å². The number of epoxide rings is 1. The number of fused-ring (bicyclic) bond motifs is 4. The minimum absolute atomic E-state index is 0.0489. The number of nitrogens with zero attached hydrogens (tertiary/aromatic N) is 1. The van der Waals surface area contributed by atoms with Gasteiger partial charge >= 0.3 is 0 Å². The van der Waals surface area contributed by atoms with Crippen molar-refractivity contribution in [3.63, 3.8) is 0 Å². The lowest BCUT2D eigenvalue weighted by molar-refractivity contribution is -0.116. The summed E-state index contributed by atoms with van der Waals surface area (Å²) in [5.41, 5.74) is 2.85. The predicted octanol–water partition coefficient (Wildman–Crippen LogP) is 8.25. The van der Waals surface area contributed by atoms with Crippen molar-refractivity contribution in [3.05, 3.63) is 71.0 Å². The fourth-order valence-corrected chi connectivity index (χ4v) is 10.5. The summed E-state index contributed by atoms with van der Waals surface area (Å²) in [5, 5.41) is 49.2. The van der Waals surface area contributed by atoms with E-state index in [-0.39, 0.29) is 34.4 Å². The second-order valence-corrected chi connectivity index (χ2v) is 14.7. The van der Waals surface area contributed by atoms with Gasteiger partial charge in [0.05, 0.1) is 17.7 Å². The quantitative estimate of drug-likeness (QED) is 0.257. The number of phenols is 2. The Morgan fingerprint density at radius 1 is 0.818 bits per heavy atom. The minimum atomic E-state index is -0.241. The highest BCUT2D eigenvalue weighted by molar-refractivity contribution is 5.42. The number of allylic oxidation sites excluding steroid dienone is 1. The first-order chi connectivity index (χ1) is 21.0. The van der Waals surface area contributed by atoms with Crippen LogP contribution in [-0.4, -0.2) is 38.2 Å². The number of phenolic OH excluding ortho intramolecular Hbond substituents is 2. The summed E-state index contributed by atoms with van der Waals surface area (Å²) >= 11 is 0. The van der Waals surface area contributed by atoms with Crippen LogP contribution in [0.5, 0.6) is 11.5 Å². The molecule has 1 saturated heterocycles. The van der Waals surface area contributed by atoms with Crippen LogP contribution in [-0.2, 0) is 4.74 Å². The number of ether oxygens (including phenoxy) is 1. The average Bonchev–Trinajstić information content (AvgIpc) is 3.70. The Hall–Kier alpha value is -3.01. The van der Waals surface area contributed by atoms with Gasteiger partial charge in [-0.3, -0.25) is 0 Å². The zero-order valence-corrected chi connectivity index (χ0v) is 26.7. The van der Waals surface area contributed by atoms with Crippen molar-refractivity contribution in [2.24, 2.45) is 28.6 Å². The number of nitriles is 1. The molecule has 1 heterocycles. The van der Waals surface area contributed by atoms with Crippen LogP contribution in [0.3, 0.4) is 0 Å². The van der Waals surface area contributed by atoms with Crippen molar-refractivity contribution in [2.75, 3.05) is 0 Å². The molecule has 1 aliphatic heterocycles. The molecular weight excluding hydrogens is 550 g/mol. The molecule has 3 saturated carbocycles. The Kier molecular flexibility index (Phi) is 8.04. The topological polar surface area (TPSA) is 117 Å². The molecule has 4 N–H and O–H groups in total. The largest absolute Gasteiger partial charge is 0.508 e. The molecule has 0 aromatic heterocycles. The maximum atomic E-state index is 10.5. The number of aliphatic hydroxyl groups is 2. The zero-order valence-electron chi connectivity index (χ0n) is 26.7. The molecule has 0 amide bonds. The summed E-state index contributed by atoms with van der Waals surface area (Å²) in [7, 11) is 0. The molecule has 6 heteroatoms. The van der Waals surface area contributed by atoms with Gasteiger partial charge in [-0.15, -0.1) is 0 Å². The normalized spacial score (nSPS) is 38.0. The molecule has 236 valence electrons. The third-order valence-electron chi connectivity index (χ3n) is 13.0. The summed E-state index contributed by atoms with van der Waals surface area (Å²) in [6, 6.07) is 17.3. The Labute approximate surface area is 262 Å². The van der Waals surface area contributed by atoms with Crippen LogP contribution in [0, 0.1) is 39.9 Å². The molecular formula is C38H49NO5. The molecule has 44 heavy (non-hydrogen) atoms. The van der Waals surface area contributed by atoms with E-state index in [1.807, 2.05) is 24.3 Å². The van der Waals surface area contributed by atoms with E-state index in [9.17, 15) is 25.7 Å². The van der Waals surface area contributed by atoms with Gasteiger partial charge in [0, 0.05) is 5.41 Å². The van der Waals surface area contributed by atoms with Gasteiger partial charge in [0.1, 0.15) is 29.0 Å². The molecule has 4 fully saturated rings. The molecule has 7 rings (SSSR count). The third-order valence-corrected chi connectivity index (χ3v) is 13.0. The van der Waals surface area contributed by atoms with Crippen molar-refractivity contribution in [2.45, 2.75) is 115 Å². The summed E-state index contributed by atoms with van der Waals surface area (Å²) in [4.78, 5) is 0. The SMILES string of the molecule is CC[C@H](c1ccc(O)cc1)[C@@H](CC)c1ccc(O)cc1.C[C@]12CC[C@H]3[C@@H](CC[C@@]45O[C@@H]4C(O)=C(C#N)C[C@]35C)[C@@H]1CC[C@@H]2O. The number of aromatic hydroxyl groups is 2. The molecule has 0 radical (unpaired) electrons. The first kappa shape index (κ1) is 31.0. The summed E-state index contributed by atoms with van der Waals surface area (Å²) in [6.07, 6.45) is 8.74. The van der Waals surface area contributed by atoms with Crippen molar-refractivity contribution >= 4 is 0 Å². The molecule has 1 spiro atoms. The second kappa shape index (κ2) is 11.4. The van der Waals surface area contributed by atoms with Gasteiger partial charge in [-0.2, -0.15) is 5.26 Å². The first-order valence-electron chi connectivity index (χ1n) is 16.8. The third kappa shape index (κ3) is 4.74. The van der Waals surface area contributed by atoms with Crippen molar-refractivity contribution in [1.29, 1.82) is 5.26 Å². The van der Waals surface area contributed by atoms with Gasteiger partial charge < -0.3 is 25.2 Å². The average molecular weight is 600 g/mol. The van der Waals surface area contributed by atoms with E-state index < -0.39 is 0 Å². The highest BCUT2D eigenvalue weighted by Crippen LogP contribution is 2.73. The summed E-state index contributed by atoms with van der Waals surface area (Å²) in [6.45, 7) is 8.99. The molecule has 6 nitrogen and oxygen atoms in total. The highest BCUT2D eigenvalue weighted by Gasteiger charge is 2.76. The van der Waals surface area contributed by atoms with Crippen LogP contribution in [0.15, 0.2) is 59.9 Å². The molecule has 2 aromatic carbocycles. The predicted molar refractivity (Wildman–Crippen MR) is 170 cm³/mol. The number of hydrogen-bond acceptors (Lipinski definition) is 6. The summed E-state index contributed by atoms with van der Waals surface area (Å²) < 4.78 is 6.11. The van der Waals surface area contributed by atoms with Crippen molar-refractivity contribution in [1.82, 2.24) is 0 Å². The Balaban J connectivity index is 0.000000159. The maximum absolute atomic E-state index is 10.5. The number of aliphatic hydroxyl groups excluding tert-OH is 2. The monoisotopic (exact) mass is 599 g/mol. The molecule has 5 aliphatic rings. The van der Waals surface area contributed by atoms with Gasteiger partial charge in [0.25, 0.3) is 0 Å². The van der Waals surface area contributed by atoms with Crippen LogP contribution in [0.4, 0.5) is 0 Å². The van der Waals surface area contributed by atoms with E-state index in [4.69, 9.17) is 4.74 Å². The van der Waals surface area contributed by atoms with Crippen LogP contribution < -0.4 is 0 Å².